The highest BCUT2D eigenvalue weighted by molar-refractivity contribution is 4.84. The molecule has 4 nitrogen and oxygen atoms in total. The van der Waals surface area contributed by atoms with Crippen molar-refractivity contribution in [3.63, 3.8) is 0 Å². The Balaban J connectivity index is 2.41. The molecular formula is C9H20N2O2. The van der Waals surface area contributed by atoms with Gasteiger partial charge in [-0.1, -0.05) is 0 Å². The molecule has 1 aliphatic rings. The number of nitrogens with zero attached hydrogens (tertiary/aromatic N) is 1. The molecule has 0 bridgehead atoms. The fourth-order valence-electron chi connectivity index (χ4n) is 1.82. The Morgan fingerprint density at radius 2 is 2.31 bits per heavy atom. The van der Waals surface area contributed by atoms with Crippen LogP contribution in [0.25, 0.3) is 0 Å². The van der Waals surface area contributed by atoms with Crippen molar-refractivity contribution >= 4 is 0 Å². The Kier molecular flexibility index (Phi) is 4.66. The predicted octanol–water partition coefficient (Wildman–Crippen LogP) is -0.713. The maximum Gasteiger partial charge on any atom is 0.0599 e. The lowest BCUT2D eigenvalue weighted by atomic mass is 10.1. The Hall–Kier alpha value is -0.160. The molecular weight excluding hydrogens is 168 g/mol. The number of hydrogen-bond donors (Lipinski definition) is 2. The van der Waals surface area contributed by atoms with E-state index in [-0.39, 0.29) is 12.6 Å². The van der Waals surface area contributed by atoms with Gasteiger partial charge >= 0.3 is 0 Å². The molecule has 0 aromatic rings. The van der Waals surface area contributed by atoms with Crippen molar-refractivity contribution in [2.24, 2.45) is 0 Å². The van der Waals surface area contributed by atoms with Crippen molar-refractivity contribution in [3.8, 4) is 0 Å². The highest BCUT2D eigenvalue weighted by Gasteiger charge is 2.26. The molecule has 0 aromatic heterocycles. The van der Waals surface area contributed by atoms with Crippen molar-refractivity contribution in [2.75, 3.05) is 40.0 Å². The topological polar surface area (TPSA) is 44.7 Å². The first kappa shape index (κ1) is 10.9. The number of methoxy groups -OCH3 is 1. The number of nitrogens with one attached hydrogen (secondary N) is 1. The van der Waals surface area contributed by atoms with Crippen LogP contribution in [0.4, 0.5) is 0 Å². The molecule has 1 rings (SSSR count). The number of ether oxygens (including phenoxy) is 1. The molecule has 2 atom stereocenters. The van der Waals surface area contributed by atoms with Gasteiger partial charge in [-0.3, -0.25) is 4.90 Å². The van der Waals surface area contributed by atoms with E-state index < -0.39 is 0 Å². The maximum absolute atomic E-state index is 9.16. The summed E-state index contributed by atoms with van der Waals surface area (Å²) in [4.78, 5) is 2.31. The molecule has 13 heavy (non-hydrogen) atoms. The second kappa shape index (κ2) is 5.54. The van der Waals surface area contributed by atoms with Gasteiger partial charge in [0.05, 0.1) is 13.2 Å². The second-order valence-electron chi connectivity index (χ2n) is 3.57. The molecule has 2 N–H and O–H groups in total. The van der Waals surface area contributed by atoms with Crippen molar-refractivity contribution in [3.05, 3.63) is 0 Å². The van der Waals surface area contributed by atoms with Crippen LogP contribution in [0.2, 0.25) is 0 Å². The van der Waals surface area contributed by atoms with E-state index in [1.807, 2.05) is 0 Å². The number of hydrogen-bond acceptors (Lipinski definition) is 4. The minimum absolute atomic E-state index is 0.223. The summed E-state index contributed by atoms with van der Waals surface area (Å²) in [6.45, 7) is 5.92. The van der Waals surface area contributed by atoms with Crippen LogP contribution >= 0.6 is 0 Å². The summed E-state index contributed by atoms with van der Waals surface area (Å²) < 4.78 is 5.04. The van der Waals surface area contributed by atoms with E-state index in [4.69, 9.17) is 9.84 Å². The number of rotatable bonds is 4. The fourth-order valence-corrected chi connectivity index (χ4v) is 1.82. The Labute approximate surface area is 79.9 Å². The molecule has 4 heteroatoms. The van der Waals surface area contributed by atoms with Crippen LogP contribution in [0, 0.1) is 0 Å². The Morgan fingerprint density at radius 1 is 1.54 bits per heavy atom. The van der Waals surface area contributed by atoms with E-state index in [1.165, 1.54) is 0 Å². The molecule has 1 aliphatic heterocycles. The van der Waals surface area contributed by atoms with Crippen molar-refractivity contribution in [2.45, 2.75) is 19.0 Å². The summed E-state index contributed by atoms with van der Waals surface area (Å²) in [5.41, 5.74) is 0. The highest BCUT2D eigenvalue weighted by Crippen LogP contribution is 2.08. The third-order valence-corrected chi connectivity index (χ3v) is 2.62. The molecule has 0 aromatic carbocycles. The summed E-state index contributed by atoms with van der Waals surface area (Å²) in [5.74, 6) is 0. The third kappa shape index (κ3) is 2.91. The maximum atomic E-state index is 9.16. The van der Waals surface area contributed by atoms with Crippen LogP contribution in [0.1, 0.15) is 6.92 Å². The number of aliphatic hydroxyl groups is 1. The van der Waals surface area contributed by atoms with Gasteiger partial charge in [0.1, 0.15) is 0 Å². The van der Waals surface area contributed by atoms with E-state index >= 15 is 0 Å². The van der Waals surface area contributed by atoms with Gasteiger partial charge in [-0.2, -0.15) is 0 Å². The van der Waals surface area contributed by atoms with Gasteiger partial charge in [-0.15, -0.1) is 0 Å². The van der Waals surface area contributed by atoms with Crippen LogP contribution in [-0.4, -0.2) is 62.0 Å². The predicted molar refractivity (Wildman–Crippen MR) is 51.8 cm³/mol. The first-order chi connectivity index (χ1) is 6.29. The average Bonchev–Trinajstić information content (AvgIpc) is 2.15. The van der Waals surface area contributed by atoms with Crippen molar-refractivity contribution < 1.29 is 9.84 Å². The molecule has 0 spiro atoms. The van der Waals surface area contributed by atoms with E-state index in [1.54, 1.807) is 7.11 Å². The minimum atomic E-state index is 0.223. The summed E-state index contributed by atoms with van der Waals surface area (Å²) in [5, 5.41) is 12.5. The van der Waals surface area contributed by atoms with Gasteiger partial charge in [-0.25, -0.2) is 0 Å². The van der Waals surface area contributed by atoms with E-state index in [0.717, 1.165) is 26.2 Å². The monoisotopic (exact) mass is 188 g/mol. The van der Waals surface area contributed by atoms with Gasteiger partial charge in [0.2, 0.25) is 0 Å². The lowest BCUT2D eigenvalue weighted by Crippen LogP contribution is -2.58. The summed E-state index contributed by atoms with van der Waals surface area (Å²) in [6.07, 6.45) is 0. The summed E-state index contributed by atoms with van der Waals surface area (Å²) in [6, 6.07) is 0.736. The van der Waals surface area contributed by atoms with Crippen LogP contribution in [0.5, 0.6) is 0 Å². The molecule has 0 amide bonds. The minimum Gasteiger partial charge on any atom is -0.395 e. The summed E-state index contributed by atoms with van der Waals surface area (Å²) >= 11 is 0. The quantitative estimate of drug-likeness (QED) is 0.611. The van der Waals surface area contributed by atoms with Gasteiger partial charge in [0.25, 0.3) is 0 Å². The molecule has 0 radical (unpaired) electrons. The van der Waals surface area contributed by atoms with E-state index in [2.05, 4.69) is 17.1 Å². The van der Waals surface area contributed by atoms with Crippen molar-refractivity contribution in [1.82, 2.24) is 10.2 Å². The SMILES string of the molecule is COCCN1C(C)CNCC1CO. The first-order valence-corrected chi connectivity index (χ1v) is 4.85. The van der Waals surface area contributed by atoms with Gasteiger partial charge in [0.15, 0.2) is 0 Å². The Bertz CT molecular complexity index is 144. The molecule has 1 saturated heterocycles. The van der Waals surface area contributed by atoms with Gasteiger partial charge < -0.3 is 15.2 Å². The molecule has 0 saturated carbocycles. The smallest absolute Gasteiger partial charge is 0.0599 e. The standard InChI is InChI=1S/C9H20N2O2/c1-8-5-10-6-9(7-12)11(8)3-4-13-2/h8-10,12H,3-7H2,1-2H3. The van der Waals surface area contributed by atoms with Gasteiger partial charge in [0, 0.05) is 38.8 Å². The zero-order chi connectivity index (χ0) is 9.68. The third-order valence-electron chi connectivity index (χ3n) is 2.62. The molecule has 0 aliphatic carbocycles. The zero-order valence-corrected chi connectivity index (χ0v) is 8.49. The van der Waals surface area contributed by atoms with Crippen molar-refractivity contribution in [1.29, 1.82) is 0 Å². The lowest BCUT2D eigenvalue weighted by Gasteiger charge is -2.40. The largest absolute Gasteiger partial charge is 0.395 e. The van der Waals surface area contributed by atoms with Crippen LogP contribution in [-0.2, 0) is 4.74 Å². The molecule has 2 unspecified atom stereocenters. The first-order valence-electron chi connectivity index (χ1n) is 4.85. The lowest BCUT2D eigenvalue weighted by molar-refractivity contribution is 0.0399. The van der Waals surface area contributed by atoms with E-state index in [0.29, 0.717) is 6.04 Å². The Morgan fingerprint density at radius 3 is 2.92 bits per heavy atom. The second-order valence-corrected chi connectivity index (χ2v) is 3.57. The molecule has 1 fully saturated rings. The average molecular weight is 188 g/mol. The van der Waals surface area contributed by atoms with E-state index in [9.17, 15) is 0 Å². The van der Waals surface area contributed by atoms with Gasteiger partial charge in [-0.05, 0) is 6.92 Å². The van der Waals surface area contributed by atoms with Crippen LogP contribution in [0.15, 0.2) is 0 Å². The molecule has 1 heterocycles. The highest BCUT2D eigenvalue weighted by atomic mass is 16.5. The van der Waals surface area contributed by atoms with Crippen LogP contribution in [0.3, 0.4) is 0 Å². The normalized spacial score (nSPS) is 30.7. The van der Waals surface area contributed by atoms with Crippen LogP contribution < -0.4 is 5.32 Å². The molecule has 78 valence electrons. The zero-order valence-electron chi connectivity index (χ0n) is 8.49. The number of aliphatic hydroxyl groups excluding tert-OH is 1. The number of piperazine rings is 1. The summed E-state index contributed by atoms with van der Waals surface area (Å²) in [7, 11) is 1.71. The fraction of sp³-hybridized carbons (Fsp3) is 1.00.